The van der Waals surface area contributed by atoms with Gasteiger partial charge in [-0.2, -0.15) is 0 Å². The van der Waals surface area contributed by atoms with Crippen LogP contribution < -0.4 is 9.46 Å². The largest absolute Gasteiger partial charge is 0.497 e. The highest BCUT2D eigenvalue weighted by Gasteiger charge is 2.66. The predicted molar refractivity (Wildman–Crippen MR) is 173 cm³/mol. The Balaban J connectivity index is 1.31. The summed E-state index contributed by atoms with van der Waals surface area (Å²) in [5.74, 6) is 1.48. The molecule has 2 amide bonds. The summed E-state index contributed by atoms with van der Waals surface area (Å²) in [4.78, 5) is 37.6. The first-order valence-corrected chi connectivity index (χ1v) is 16.9. The quantitative estimate of drug-likeness (QED) is 0.391. The highest BCUT2D eigenvalue weighted by molar-refractivity contribution is 7.95. The van der Waals surface area contributed by atoms with Gasteiger partial charge in [0.25, 0.3) is 5.91 Å². The molecule has 1 aromatic carbocycles. The maximum Gasteiger partial charge on any atom is 0.280 e. The minimum absolute atomic E-state index is 0.135. The van der Waals surface area contributed by atoms with Crippen molar-refractivity contribution in [1.82, 2.24) is 28.4 Å². The van der Waals surface area contributed by atoms with E-state index >= 15 is 0 Å². The average molecular weight is 615 g/mol. The van der Waals surface area contributed by atoms with E-state index in [-0.39, 0.29) is 11.8 Å². The van der Waals surface area contributed by atoms with Gasteiger partial charge < -0.3 is 19.1 Å². The van der Waals surface area contributed by atoms with Crippen LogP contribution >= 0.6 is 12.1 Å². The normalized spacial score (nSPS) is 27.7. The van der Waals surface area contributed by atoms with Crippen molar-refractivity contribution in [3.63, 3.8) is 0 Å². The van der Waals surface area contributed by atoms with Crippen LogP contribution in [-0.2, 0) is 11.3 Å². The maximum atomic E-state index is 14.7. The summed E-state index contributed by atoms with van der Waals surface area (Å²) in [6, 6.07) is 11.0. The number of benzene rings is 1. The van der Waals surface area contributed by atoms with Crippen LogP contribution in [0.1, 0.15) is 78.4 Å². The van der Waals surface area contributed by atoms with Gasteiger partial charge in [0.2, 0.25) is 5.91 Å². The Kier molecular flexibility index (Phi) is 6.77. The molecule has 4 unspecified atom stereocenters. The third-order valence-corrected chi connectivity index (χ3v) is 11.6. The first-order valence-electron chi connectivity index (χ1n) is 16.2. The van der Waals surface area contributed by atoms with Gasteiger partial charge in [0.05, 0.1) is 18.2 Å². The number of hydrogen-bond acceptors (Lipinski definition) is 7. The lowest BCUT2D eigenvalue weighted by Crippen LogP contribution is -2.70. The molecule has 5 heterocycles. The van der Waals surface area contributed by atoms with Crippen LogP contribution in [0.5, 0.6) is 5.75 Å². The molecule has 0 radical (unpaired) electrons. The van der Waals surface area contributed by atoms with Crippen molar-refractivity contribution in [2.75, 3.05) is 41.3 Å². The van der Waals surface area contributed by atoms with E-state index in [1.807, 2.05) is 24.5 Å². The van der Waals surface area contributed by atoms with Crippen molar-refractivity contribution < 1.29 is 14.3 Å². The molecule has 8 rings (SSSR count). The number of piperidine rings is 1. The smallest absolute Gasteiger partial charge is 0.280 e. The molecular formula is C34H42N6O3S. The van der Waals surface area contributed by atoms with Crippen LogP contribution in [0, 0.1) is 5.41 Å². The van der Waals surface area contributed by atoms with Gasteiger partial charge in [-0.25, -0.2) is 9.29 Å². The first-order chi connectivity index (χ1) is 21.3. The van der Waals surface area contributed by atoms with Crippen molar-refractivity contribution >= 4 is 35.0 Å². The summed E-state index contributed by atoms with van der Waals surface area (Å²) in [6.07, 6.45) is 7.95. The van der Waals surface area contributed by atoms with E-state index < -0.39 is 5.41 Å². The number of fused-ring (bicyclic) bond motifs is 9. The van der Waals surface area contributed by atoms with Gasteiger partial charge in [-0.15, -0.1) is 0 Å². The second kappa shape index (κ2) is 10.5. The minimum Gasteiger partial charge on any atom is -0.497 e. The van der Waals surface area contributed by atoms with Gasteiger partial charge in [0.1, 0.15) is 17.1 Å². The summed E-state index contributed by atoms with van der Waals surface area (Å²) in [7, 11) is 7.67. The van der Waals surface area contributed by atoms with Crippen LogP contribution in [0.15, 0.2) is 30.3 Å². The number of nitrogens with one attached hydrogen (secondary N) is 1. The fourth-order valence-corrected chi connectivity index (χ4v) is 9.23. The molecule has 9 nitrogen and oxygen atoms in total. The third-order valence-electron chi connectivity index (χ3n) is 11.0. The van der Waals surface area contributed by atoms with E-state index in [0.29, 0.717) is 36.1 Å². The summed E-state index contributed by atoms with van der Waals surface area (Å²) in [5, 5.41) is 1.12. The Bertz CT molecular complexity index is 1650. The highest BCUT2D eigenvalue weighted by atomic mass is 32.2. The number of nitrogens with zero attached hydrogens (tertiary/aromatic N) is 5. The van der Waals surface area contributed by atoms with Crippen LogP contribution in [-0.4, -0.2) is 88.9 Å². The first kappa shape index (κ1) is 28.4. The molecule has 4 atom stereocenters. The van der Waals surface area contributed by atoms with Crippen molar-refractivity contribution in [3.05, 3.63) is 47.2 Å². The number of ether oxygens (including phenoxy) is 1. The molecule has 2 saturated carbocycles. The topological polar surface area (TPSA) is 82.9 Å². The van der Waals surface area contributed by atoms with Crippen LogP contribution in [0.2, 0.25) is 0 Å². The third kappa shape index (κ3) is 4.31. The number of likely N-dealkylation sites (tertiary alicyclic amines) is 2. The number of carbonyl (C=O) groups excluding carboxylic acids is 2. The van der Waals surface area contributed by atoms with E-state index in [1.54, 1.807) is 7.11 Å². The maximum absolute atomic E-state index is 14.7. The zero-order chi connectivity index (χ0) is 30.3. The molecule has 232 valence electrons. The van der Waals surface area contributed by atoms with Gasteiger partial charge in [-0.05, 0) is 94.2 Å². The molecule has 2 saturated heterocycles. The van der Waals surface area contributed by atoms with E-state index in [9.17, 15) is 9.59 Å². The highest BCUT2D eigenvalue weighted by Crippen LogP contribution is 2.66. The molecule has 3 aliphatic heterocycles. The Morgan fingerprint density at radius 3 is 2.59 bits per heavy atom. The number of pyridine rings is 1. The summed E-state index contributed by atoms with van der Waals surface area (Å²) in [5.41, 5.74) is 5.66. The number of aromatic nitrogens is 2. The Morgan fingerprint density at radius 1 is 1.09 bits per heavy atom. The summed E-state index contributed by atoms with van der Waals surface area (Å²) < 4.78 is 12.8. The zero-order valence-electron chi connectivity index (χ0n) is 26.1. The Labute approximate surface area is 263 Å². The lowest BCUT2D eigenvalue weighted by molar-refractivity contribution is -0.159. The second-order valence-electron chi connectivity index (χ2n) is 13.9. The van der Waals surface area contributed by atoms with Gasteiger partial charge in [-0.1, -0.05) is 19.3 Å². The second-order valence-corrected chi connectivity index (χ2v) is 15.0. The van der Waals surface area contributed by atoms with E-state index in [2.05, 4.69) is 50.4 Å². The number of piperazine rings is 1. The fraction of sp³-hybridized carbons (Fsp3) is 0.559. The molecular weight excluding hydrogens is 572 g/mol. The number of methoxy groups -OCH3 is 1. The van der Waals surface area contributed by atoms with Gasteiger partial charge in [0, 0.05) is 60.7 Å². The molecule has 1 N–H and O–H groups in total. The molecule has 10 heteroatoms. The van der Waals surface area contributed by atoms with Crippen LogP contribution in [0.4, 0.5) is 0 Å². The van der Waals surface area contributed by atoms with E-state index in [4.69, 9.17) is 9.72 Å². The molecule has 3 aromatic rings. The standard InChI is InChI=1S/C34H42N6O3S/c1-37(2)44-36-32(41)28-13-12-25-29(20-8-6-5-7-9-20)30-24-11-10-23(43-4)15-26(24)27-16-34(27,19-39(30)31(25)35-28)33(42)40-21-14-22(40)18-38(3)17-21/h10-13,15,20-22,27H,5-9,14,16-19H2,1-4H3,(H,36,41). The fourth-order valence-electron chi connectivity index (χ4n) is 8.86. The number of carbonyl (C=O) groups is 2. The number of likely N-dealkylation sites (N-methyl/N-ethyl adjacent to an activating group) is 1. The van der Waals surface area contributed by atoms with Gasteiger partial charge in [-0.3, -0.25) is 14.3 Å². The number of hydrogen-bond donors (Lipinski definition) is 1. The Morgan fingerprint density at radius 2 is 1.86 bits per heavy atom. The molecule has 44 heavy (non-hydrogen) atoms. The van der Waals surface area contributed by atoms with Crippen molar-refractivity contribution in [2.45, 2.75) is 75.4 Å². The lowest BCUT2D eigenvalue weighted by Gasteiger charge is -2.56. The Hall–Kier alpha value is -3.08. The minimum atomic E-state index is -0.518. The lowest BCUT2D eigenvalue weighted by atomic mass is 9.81. The molecule has 5 aliphatic rings. The number of amides is 2. The number of rotatable bonds is 6. The molecule has 2 bridgehead atoms. The predicted octanol–water partition coefficient (Wildman–Crippen LogP) is 5.02. The van der Waals surface area contributed by atoms with Gasteiger partial charge >= 0.3 is 0 Å². The zero-order valence-corrected chi connectivity index (χ0v) is 27.0. The van der Waals surface area contributed by atoms with E-state index in [0.717, 1.165) is 55.6 Å². The molecule has 0 spiro atoms. The van der Waals surface area contributed by atoms with E-state index in [1.165, 1.54) is 53.8 Å². The summed E-state index contributed by atoms with van der Waals surface area (Å²) >= 11 is 1.25. The monoisotopic (exact) mass is 614 g/mol. The van der Waals surface area contributed by atoms with Crippen molar-refractivity contribution in [2.24, 2.45) is 5.41 Å². The summed E-state index contributed by atoms with van der Waals surface area (Å²) in [6.45, 7) is 2.48. The average Bonchev–Trinajstić information content (AvgIpc) is 3.70. The van der Waals surface area contributed by atoms with Crippen LogP contribution in [0.3, 0.4) is 0 Å². The molecule has 2 aliphatic carbocycles. The van der Waals surface area contributed by atoms with Gasteiger partial charge in [0.15, 0.2) is 0 Å². The van der Waals surface area contributed by atoms with Crippen LogP contribution in [0.25, 0.3) is 22.3 Å². The van der Waals surface area contributed by atoms with Crippen molar-refractivity contribution in [3.8, 4) is 17.0 Å². The molecule has 4 fully saturated rings. The van der Waals surface area contributed by atoms with Crippen molar-refractivity contribution in [1.29, 1.82) is 0 Å². The molecule has 2 aromatic heterocycles. The SMILES string of the molecule is COc1ccc2c(c1)C1CC1(C(=O)N1C3CC1CN(C)C3)Cn1c-2c(C2CCCCC2)c2ccc(C(=O)NSN(C)C)nc21.